The predicted molar refractivity (Wildman–Crippen MR) is 50.1 cm³/mol. The molecule has 0 saturated heterocycles. The first kappa shape index (κ1) is 14.2. The second kappa shape index (κ2) is 5.30. The maximum Gasteiger partial charge on any atom is 0.424 e. The molecule has 0 aliphatic rings. The molecule has 0 amide bonds. The highest BCUT2D eigenvalue weighted by molar-refractivity contribution is 7.56. The lowest BCUT2D eigenvalue weighted by Gasteiger charge is -2.11. The third-order valence-electron chi connectivity index (χ3n) is 1.27. The lowest BCUT2D eigenvalue weighted by molar-refractivity contribution is -0.0863. The van der Waals surface area contributed by atoms with Crippen molar-refractivity contribution in [2.75, 3.05) is 0 Å². The van der Waals surface area contributed by atoms with Gasteiger partial charge >= 0.3 is 13.8 Å². The predicted octanol–water partition coefficient (Wildman–Crippen LogP) is 2.74. The molecule has 0 fully saturated rings. The summed E-state index contributed by atoms with van der Waals surface area (Å²) in [5.74, 6) is 0. The maximum atomic E-state index is 12.1. The van der Waals surface area contributed by atoms with Gasteiger partial charge in [0.05, 0.1) is 0 Å². The van der Waals surface area contributed by atoms with Crippen molar-refractivity contribution >= 4 is 7.60 Å². The molecule has 0 saturated carbocycles. The van der Waals surface area contributed by atoms with Crippen molar-refractivity contribution < 1.29 is 27.5 Å². The lowest BCUT2D eigenvalue weighted by atomic mass is 10.4. The summed E-state index contributed by atoms with van der Waals surface area (Å²) in [6.45, 7) is 1.65. The van der Waals surface area contributed by atoms with Crippen molar-refractivity contribution in [1.82, 2.24) is 0 Å². The number of alkyl halides is 3. The first-order valence-electron chi connectivity index (χ1n) is 3.82. The average molecular weight is 242 g/mol. The normalized spacial score (nSPS) is 15.5. The Labute approximate surface area is 84.8 Å². The Morgan fingerprint density at radius 1 is 1.20 bits per heavy atom. The van der Waals surface area contributed by atoms with Gasteiger partial charge in [-0.25, -0.2) is 0 Å². The van der Waals surface area contributed by atoms with E-state index in [9.17, 15) is 17.7 Å². The zero-order valence-electron chi connectivity index (χ0n) is 7.77. The van der Waals surface area contributed by atoms with Crippen LogP contribution in [0.5, 0.6) is 0 Å². The molecule has 0 atom stereocenters. The fraction of sp³-hybridized carbons (Fsp3) is 0.250. The van der Waals surface area contributed by atoms with Gasteiger partial charge in [0.25, 0.3) is 0 Å². The van der Waals surface area contributed by atoms with Gasteiger partial charge in [-0.05, 0) is 13.0 Å². The van der Waals surface area contributed by atoms with Crippen molar-refractivity contribution in [2.24, 2.45) is 0 Å². The molecule has 0 radical (unpaired) electrons. The summed E-state index contributed by atoms with van der Waals surface area (Å²) >= 11 is 0. The first-order valence-corrected chi connectivity index (χ1v) is 5.43. The van der Waals surface area contributed by atoms with Crippen LogP contribution in [-0.4, -0.2) is 16.0 Å². The molecule has 0 aliphatic heterocycles. The molecule has 2 N–H and O–H groups in total. The average Bonchev–Trinajstić information content (AvgIpc) is 1.99. The number of hydrogen-bond acceptors (Lipinski definition) is 1. The summed E-state index contributed by atoms with van der Waals surface area (Å²) in [5, 5.41) is -1.85. The van der Waals surface area contributed by atoms with Gasteiger partial charge in [0.15, 0.2) is 0 Å². The highest BCUT2D eigenvalue weighted by atomic mass is 31.2. The van der Waals surface area contributed by atoms with Crippen molar-refractivity contribution in [3.8, 4) is 0 Å². The second-order valence-corrected chi connectivity index (χ2v) is 4.07. The van der Waals surface area contributed by atoms with E-state index in [2.05, 4.69) is 0 Å². The van der Waals surface area contributed by atoms with Crippen LogP contribution in [0.2, 0.25) is 0 Å². The van der Waals surface area contributed by atoms with Crippen molar-refractivity contribution in [2.45, 2.75) is 13.1 Å². The SMILES string of the molecule is CC=CC=CC=C(C(F)(F)F)P(=O)(O)O. The van der Waals surface area contributed by atoms with Crippen LogP contribution in [-0.2, 0) is 4.57 Å². The van der Waals surface area contributed by atoms with Gasteiger partial charge in [-0.2, -0.15) is 13.2 Å². The Bertz CT molecular complexity index is 336. The second-order valence-electron chi connectivity index (χ2n) is 2.50. The number of halogens is 3. The van der Waals surface area contributed by atoms with Crippen LogP contribution < -0.4 is 0 Å². The van der Waals surface area contributed by atoms with Crippen LogP contribution in [0.4, 0.5) is 13.2 Å². The van der Waals surface area contributed by atoms with E-state index in [0.29, 0.717) is 6.08 Å². The standard InChI is InChI=1S/C8H10F3O3P/c1-2-3-4-5-6-7(8(9,10)11)15(12,13)14/h2-6H,1H3,(H2,12,13,14). The summed E-state index contributed by atoms with van der Waals surface area (Å²) in [5.41, 5.74) is 0. The third kappa shape index (κ3) is 5.57. The van der Waals surface area contributed by atoms with Gasteiger partial charge in [-0.15, -0.1) is 0 Å². The molecule has 0 spiro atoms. The third-order valence-corrected chi connectivity index (χ3v) is 2.30. The van der Waals surface area contributed by atoms with Crippen molar-refractivity contribution in [3.63, 3.8) is 0 Å². The molecule has 0 unspecified atom stereocenters. The fourth-order valence-corrected chi connectivity index (χ4v) is 1.29. The Morgan fingerprint density at radius 2 is 1.73 bits per heavy atom. The highest BCUT2D eigenvalue weighted by Gasteiger charge is 2.44. The van der Waals surface area contributed by atoms with Gasteiger partial charge < -0.3 is 9.79 Å². The highest BCUT2D eigenvalue weighted by Crippen LogP contribution is 2.52. The van der Waals surface area contributed by atoms with Crippen LogP contribution in [0.15, 0.2) is 35.7 Å². The summed E-state index contributed by atoms with van der Waals surface area (Å²) in [6.07, 6.45) is 0.489. The van der Waals surface area contributed by atoms with E-state index in [1.165, 1.54) is 12.2 Å². The van der Waals surface area contributed by atoms with Crippen molar-refractivity contribution in [3.05, 3.63) is 35.7 Å². The van der Waals surface area contributed by atoms with E-state index in [1.54, 1.807) is 13.0 Å². The first-order chi connectivity index (χ1) is 6.69. The van der Waals surface area contributed by atoms with Crippen LogP contribution >= 0.6 is 7.60 Å². The van der Waals surface area contributed by atoms with E-state index in [0.717, 1.165) is 6.08 Å². The largest absolute Gasteiger partial charge is 0.424 e. The Morgan fingerprint density at radius 3 is 2.07 bits per heavy atom. The van der Waals surface area contributed by atoms with Crippen LogP contribution in [0, 0.1) is 0 Å². The van der Waals surface area contributed by atoms with E-state index in [1.807, 2.05) is 0 Å². The number of allylic oxidation sites excluding steroid dienone is 6. The molecule has 0 aromatic heterocycles. The molecule has 0 heterocycles. The topological polar surface area (TPSA) is 57.5 Å². The van der Waals surface area contributed by atoms with Crippen LogP contribution in [0.1, 0.15) is 6.92 Å². The van der Waals surface area contributed by atoms with Gasteiger partial charge in [0.1, 0.15) is 5.31 Å². The van der Waals surface area contributed by atoms with E-state index in [4.69, 9.17) is 9.79 Å². The summed E-state index contributed by atoms with van der Waals surface area (Å²) in [4.78, 5) is 16.9. The molecule has 0 aliphatic carbocycles. The molecule has 0 aromatic rings. The minimum Gasteiger partial charge on any atom is -0.321 e. The van der Waals surface area contributed by atoms with Crippen LogP contribution in [0.3, 0.4) is 0 Å². The Balaban J connectivity index is 5.07. The molecule has 7 heteroatoms. The quantitative estimate of drug-likeness (QED) is 0.591. The Hall–Kier alpha value is -0.840. The van der Waals surface area contributed by atoms with Crippen molar-refractivity contribution in [1.29, 1.82) is 0 Å². The Kier molecular flexibility index (Phi) is 5.00. The van der Waals surface area contributed by atoms with Gasteiger partial charge in [-0.1, -0.05) is 24.3 Å². The molecule has 0 rings (SSSR count). The minimum absolute atomic E-state index is 0.362. The van der Waals surface area contributed by atoms with Crippen LogP contribution in [0.25, 0.3) is 0 Å². The zero-order valence-corrected chi connectivity index (χ0v) is 8.66. The van der Waals surface area contributed by atoms with Gasteiger partial charge in [0.2, 0.25) is 0 Å². The molecule has 86 valence electrons. The van der Waals surface area contributed by atoms with Gasteiger partial charge in [0, 0.05) is 0 Å². The monoisotopic (exact) mass is 242 g/mol. The summed E-state index contributed by atoms with van der Waals surface area (Å²) in [7, 11) is -5.29. The van der Waals surface area contributed by atoms with Gasteiger partial charge in [-0.3, -0.25) is 4.57 Å². The van der Waals surface area contributed by atoms with E-state index in [-0.39, 0.29) is 0 Å². The lowest BCUT2D eigenvalue weighted by Crippen LogP contribution is -2.11. The minimum atomic E-state index is -5.29. The molecule has 3 nitrogen and oxygen atoms in total. The number of rotatable bonds is 3. The maximum absolute atomic E-state index is 12.1. The number of hydrogen-bond donors (Lipinski definition) is 2. The zero-order chi connectivity index (χ0) is 12.1. The molecular formula is C8H10F3O3P. The molecule has 15 heavy (non-hydrogen) atoms. The summed E-state index contributed by atoms with van der Waals surface area (Å²) < 4.78 is 46.8. The van der Waals surface area contributed by atoms with E-state index >= 15 is 0 Å². The fourth-order valence-electron chi connectivity index (χ4n) is 0.679. The molecular weight excluding hydrogens is 232 g/mol. The summed E-state index contributed by atoms with van der Waals surface area (Å²) in [6, 6.07) is 0. The molecule has 0 bridgehead atoms. The smallest absolute Gasteiger partial charge is 0.321 e. The van der Waals surface area contributed by atoms with E-state index < -0.39 is 19.1 Å². The molecule has 0 aromatic carbocycles.